The van der Waals surface area contributed by atoms with Crippen LogP contribution in [0, 0.1) is 0 Å². The van der Waals surface area contributed by atoms with Crippen molar-refractivity contribution in [3.63, 3.8) is 0 Å². The van der Waals surface area contributed by atoms with Crippen LogP contribution in [-0.4, -0.2) is 6.54 Å². The molecule has 0 aliphatic carbocycles. The summed E-state index contributed by atoms with van der Waals surface area (Å²) in [6.07, 6.45) is 2.14. The molecule has 0 radical (unpaired) electrons. The van der Waals surface area contributed by atoms with Gasteiger partial charge >= 0.3 is 0 Å². The van der Waals surface area contributed by atoms with Crippen molar-refractivity contribution in [1.82, 2.24) is 5.32 Å². The van der Waals surface area contributed by atoms with E-state index in [4.69, 9.17) is 0 Å². The molecule has 0 aromatic heterocycles. The molecule has 0 saturated heterocycles. The second-order valence-electron chi connectivity index (χ2n) is 5.52. The van der Waals surface area contributed by atoms with Crippen LogP contribution in [0.25, 0.3) is 0 Å². The highest BCUT2D eigenvalue weighted by atomic mass is 79.9. The Morgan fingerprint density at radius 2 is 2.10 bits per heavy atom. The number of anilines is 1. The van der Waals surface area contributed by atoms with E-state index < -0.39 is 0 Å². The van der Waals surface area contributed by atoms with E-state index in [0.29, 0.717) is 6.04 Å². The molecule has 0 fully saturated rings. The maximum atomic E-state index is 3.76. The normalized spacial score (nSPS) is 17.9. The number of hydrogen-bond donors (Lipinski definition) is 2. The van der Waals surface area contributed by atoms with Gasteiger partial charge in [0, 0.05) is 16.7 Å². The lowest BCUT2D eigenvalue weighted by molar-refractivity contribution is 0.636. The van der Waals surface area contributed by atoms with Crippen LogP contribution in [0.15, 0.2) is 46.9 Å². The maximum Gasteiger partial charge on any atom is 0.0529 e. The highest BCUT2D eigenvalue weighted by molar-refractivity contribution is 9.10. The van der Waals surface area contributed by atoms with Gasteiger partial charge in [-0.15, -0.1) is 0 Å². The minimum absolute atomic E-state index is 0.377. The number of hydrogen-bond acceptors (Lipinski definition) is 2. The molecule has 2 N–H and O–H groups in total. The summed E-state index contributed by atoms with van der Waals surface area (Å²) in [5.41, 5.74) is 5.44. The number of rotatable bonds is 3. The summed E-state index contributed by atoms with van der Waals surface area (Å²) in [6, 6.07) is 15.6. The van der Waals surface area contributed by atoms with Gasteiger partial charge in [0.05, 0.1) is 6.04 Å². The van der Waals surface area contributed by atoms with Crippen LogP contribution in [0.1, 0.15) is 36.1 Å². The molecule has 2 nitrogen and oxygen atoms in total. The van der Waals surface area contributed by atoms with Crippen molar-refractivity contribution in [3.8, 4) is 0 Å². The molecule has 1 aliphatic heterocycles. The van der Waals surface area contributed by atoms with Crippen molar-refractivity contribution in [2.24, 2.45) is 0 Å². The Hall–Kier alpha value is -1.32. The largest absolute Gasteiger partial charge is 0.378 e. The number of benzene rings is 2. The van der Waals surface area contributed by atoms with E-state index in [0.717, 1.165) is 30.4 Å². The zero-order valence-corrected chi connectivity index (χ0v) is 13.9. The summed E-state index contributed by atoms with van der Waals surface area (Å²) in [6.45, 7) is 4.22. The van der Waals surface area contributed by atoms with Gasteiger partial charge in [0.2, 0.25) is 0 Å². The average molecular weight is 345 g/mol. The Morgan fingerprint density at radius 1 is 1.24 bits per heavy atom. The lowest BCUT2D eigenvalue weighted by Gasteiger charge is -2.22. The minimum Gasteiger partial charge on any atom is -0.378 e. The third-order valence-electron chi connectivity index (χ3n) is 4.13. The average Bonchev–Trinajstić information content (AvgIpc) is 2.71. The second kappa shape index (κ2) is 6.63. The Kier molecular flexibility index (Phi) is 4.61. The first kappa shape index (κ1) is 14.6. The highest BCUT2D eigenvalue weighted by Gasteiger charge is 2.18. The van der Waals surface area contributed by atoms with Crippen molar-refractivity contribution in [3.05, 3.63) is 63.6 Å². The molecule has 110 valence electrons. The monoisotopic (exact) mass is 344 g/mol. The molecule has 0 saturated carbocycles. The van der Waals surface area contributed by atoms with Crippen molar-refractivity contribution in [2.45, 2.75) is 32.4 Å². The van der Waals surface area contributed by atoms with Crippen LogP contribution < -0.4 is 10.6 Å². The van der Waals surface area contributed by atoms with Gasteiger partial charge in [-0.1, -0.05) is 47.1 Å². The first-order chi connectivity index (χ1) is 10.3. The van der Waals surface area contributed by atoms with E-state index in [2.05, 4.69) is 76.0 Å². The zero-order chi connectivity index (χ0) is 14.7. The smallest absolute Gasteiger partial charge is 0.0529 e. The predicted molar refractivity (Wildman–Crippen MR) is 92.6 cm³/mol. The van der Waals surface area contributed by atoms with Gasteiger partial charge in [0.25, 0.3) is 0 Å². The molecular formula is C18H21BrN2. The van der Waals surface area contributed by atoms with E-state index in [1.807, 2.05) is 0 Å². The first-order valence-electron chi connectivity index (χ1n) is 7.61. The van der Waals surface area contributed by atoms with Crippen LogP contribution in [-0.2, 0) is 13.0 Å². The molecule has 0 amide bonds. The molecular weight excluding hydrogens is 324 g/mol. The summed E-state index contributed by atoms with van der Waals surface area (Å²) in [5.74, 6) is 0. The fourth-order valence-corrected chi connectivity index (χ4v) is 3.40. The maximum absolute atomic E-state index is 3.76. The molecule has 3 rings (SSSR count). The number of halogens is 1. The van der Waals surface area contributed by atoms with Crippen molar-refractivity contribution >= 4 is 21.6 Å². The van der Waals surface area contributed by atoms with Crippen LogP contribution in [0.2, 0.25) is 0 Å². The lowest BCUT2D eigenvalue weighted by Crippen LogP contribution is -2.15. The van der Waals surface area contributed by atoms with Gasteiger partial charge in [0.1, 0.15) is 0 Å². The Bertz CT molecular complexity index is 624. The van der Waals surface area contributed by atoms with E-state index in [-0.39, 0.29) is 0 Å². The molecule has 0 spiro atoms. The number of fused-ring (bicyclic) bond motifs is 1. The Labute approximate surface area is 135 Å². The lowest BCUT2D eigenvalue weighted by atomic mass is 9.98. The van der Waals surface area contributed by atoms with Gasteiger partial charge in [-0.3, -0.25) is 0 Å². The third-order valence-corrected chi connectivity index (χ3v) is 4.63. The molecule has 1 aliphatic rings. The molecule has 2 aromatic rings. The number of nitrogens with one attached hydrogen (secondary N) is 2. The van der Waals surface area contributed by atoms with Gasteiger partial charge in [-0.05, 0) is 54.3 Å². The van der Waals surface area contributed by atoms with Gasteiger partial charge in [-0.2, -0.15) is 0 Å². The van der Waals surface area contributed by atoms with E-state index in [1.54, 1.807) is 0 Å². The van der Waals surface area contributed by atoms with Crippen molar-refractivity contribution in [1.29, 1.82) is 0 Å². The molecule has 3 heteroatoms. The minimum atomic E-state index is 0.377. The standard InChI is InChI=1S/C18H21BrN2/c1-2-13-11-15(19)7-8-17(13)21-18-9-10-20-12-14-5-3-4-6-16(14)18/h3-8,11,18,20-21H,2,9-10,12H2,1H3. The Balaban J connectivity index is 1.91. The molecule has 1 atom stereocenters. The zero-order valence-electron chi connectivity index (χ0n) is 12.3. The second-order valence-corrected chi connectivity index (χ2v) is 6.43. The fourth-order valence-electron chi connectivity index (χ4n) is 2.99. The van der Waals surface area contributed by atoms with E-state index in [1.165, 1.54) is 22.4 Å². The third kappa shape index (κ3) is 3.30. The van der Waals surface area contributed by atoms with Crippen molar-refractivity contribution < 1.29 is 0 Å². The van der Waals surface area contributed by atoms with E-state index in [9.17, 15) is 0 Å². The molecule has 2 aromatic carbocycles. The summed E-state index contributed by atoms with van der Waals surface area (Å²) in [5, 5.41) is 7.27. The van der Waals surface area contributed by atoms with Crippen LogP contribution in [0.3, 0.4) is 0 Å². The van der Waals surface area contributed by atoms with Crippen molar-refractivity contribution in [2.75, 3.05) is 11.9 Å². The fraction of sp³-hybridized carbons (Fsp3) is 0.333. The molecule has 0 bridgehead atoms. The quantitative estimate of drug-likeness (QED) is 0.846. The van der Waals surface area contributed by atoms with Gasteiger partial charge in [0.15, 0.2) is 0 Å². The molecule has 1 unspecified atom stereocenters. The first-order valence-corrected chi connectivity index (χ1v) is 8.40. The van der Waals surface area contributed by atoms with Crippen LogP contribution in [0.4, 0.5) is 5.69 Å². The highest BCUT2D eigenvalue weighted by Crippen LogP contribution is 2.30. The van der Waals surface area contributed by atoms with Crippen LogP contribution >= 0.6 is 15.9 Å². The van der Waals surface area contributed by atoms with E-state index >= 15 is 0 Å². The number of aryl methyl sites for hydroxylation is 1. The SMILES string of the molecule is CCc1cc(Br)ccc1NC1CCNCc2ccccc21. The summed E-state index contributed by atoms with van der Waals surface area (Å²) < 4.78 is 1.15. The molecule has 21 heavy (non-hydrogen) atoms. The van der Waals surface area contributed by atoms with Gasteiger partial charge in [-0.25, -0.2) is 0 Å². The topological polar surface area (TPSA) is 24.1 Å². The summed E-state index contributed by atoms with van der Waals surface area (Å²) in [7, 11) is 0. The summed E-state index contributed by atoms with van der Waals surface area (Å²) in [4.78, 5) is 0. The van der Waals surface area contributed by atoms with Crippen LogP contribution in [0.5, 0.6) is 0 Å². The summed E-state index contributed by atoms with van der Waals surface area (Å²) >= 11 is 3.56. The molecule has 1 heterocycles. The van der Waals surface area contributed by atoms with Gasteiger partial charge < -0.3 is 10.6 Å². The predicted octanol–water partition coefficient (Wildman–Crippen LogP) is 4.66. The Morgan fingerprint density at radius 3 is 2.95 bits per heavy atom.